The van der Waals surface area contributed by atoms with Crippen molar-refractivity contribution in [2.24, 2.45) is 0 Å². The Kier molecular flexibility index (Phi) is 6.08. The molecule has 1 saturated heterocycles. The smallest absolute Gasteiger partial charge is 0.253 e. The van der Waals surface area contributed by atoms with Crippen LogP contribution in [-0.2, 0) is 16.6 Å². The van der Waals surface area contributed by atoms with Crippen LogP contribution in [0.25, 0.3) is 0 Å². The maximum absolute atomic E-state index is 12.8. The summed E-state index contributed by atoms with van der Waals surface area (Å²) in [7, 11) is -1.99. The number of rotatable bonds is 5. The standard InChI is InChI=1S/C17H18BrClN2O3S2/c1-20(11-13-5-7-16(18)25-13)17(22)12-4-6-14(19)15(10-12)26(23,24)21-8-2-3-9-21/h4-7,10H,2-3,8-9,11H2,1H3. The van der Waals surface area contributed by atoms with Crippen molar-refractivity contribution in [3.05, 3.63) is 49.6 Å². The number of carbonyl (C=O) groups is 1. The molecule has 0 saturated carbocycles. The van der Waals surface area contributed by atoms with Gasteiger partial charge in [-0.05, 0) is 59.1 Å². The Bertz CT molecular complexity index is 924. The maximum Gasteiger partial charge on any atom is 0.253 e. The summed E-state index contributed by atoms with van der Waals surface area (Å²) in [4.78, 5) is 15.3. The predicted molar refractivity (Wildman–Crippen MR) is 107 cm³/mol. The molecule has 1 aromatic heterocycles. The molecule has 0 bridgehead atoms. The number of hydrogen-bond donors (Lipinski definition) is 0. The highest BCUT2D eigenvalue weighted by Gasteiger charge is 2.30. The molecular weight excluding hydrogens is 460 g/mol. The molecule has 1 amide bonds. The highest BCUT2D eigenvalue weighted by molar-refractivity contribution is 9.11. The molecule has 1 aliphatic heterocycles. The van der Waals surface area contributed by atoms with E-state index >= 15 is 0 Å². The Morgan fingerprint density at radius 3 is 2.58 bits per heavy atom. The lowest BCUT2D eigenvalue weighted by molar-refractivity contribution is 0.0786. The Morgan fingerprint density at radius 1 is 1.27 bits per heavy atom. The van der Waals surface area contributed by atoms with E-state index in [0.29, 0.717) is 25.2 Å². The lowest BCUT2D eigenvalue weighted by Gasteiger charge is -2.19. The van der Waals surface area contributed by atoms with E-state index < -0.39 is 10.0 Å². The van der Waals surface area contributed by atoms with Gasteiger partial charge in [-0.15, -0.1) is 11.3 Å². The molecule has 0 atom stereocenters. The van der Waals surface area contributed by atoms with Gasteiger partial charge in [-0.1, -0.05) is 11.6 Å². The molecule has 1 fully saturated rings. The fraction of sp³-hybridized carbons (Fsp3) is 0.353. The number of halogens is 2. The summed E-state index contributed by atoms with van der Waals surface area (Å²) < 4.78 is 28.0. The molecule has 0 unspecified atom stereocenters. The van der Waals surface area contributed by atoms with E-state index in [2.05, 4.69) is 15.9 Å². The maximum atomic E-state index is 12.8. The minimum absolute atomic E-state index is 0.000755. The van der Waals surface area contributed by atoms with Crippen LogP contribution in [0.3, 0.4) is 0 Å². The van der Waals surface area contributed by atoms with Crippen molar-refractivity contribution < 1.29 is 13.2 Å². The van der Waals surface area contributed by atoms with Crippen LogP contribution in [0.15, 0.2) is 39.0 Å². The van der Waals surface area contributed by atoms with Crippen molar-refractivity contribution in [2.75, 3.05) is 20.1 Å². The lowest BCUT2D eigenvalue weighted by atomic mass is 10.2. The topological polar surface area (TPSA) is 57.7 Å². The van der Waals surface area contributed by atoms with Crippen molar-refractivity contribution >= 4 is 54.8 Å². The van der Waals surface area contributed by atoms with Gasteiger partial charge >= 0.3 is 0 Å². The van der Waals surface area contributed by atoms with Gasteiger partial charge in [-0.25, -0.2) is 8.42 Å². The van der Waals surface area contributed by atoms with Crippen LogP contribution >= 0.6 is 38.9 Å². The van der Waals surface area contributed by atoms with Crippen LogP contribution < -0.4 is 0 Å². The Hall–Kier alpha value is -0.930. The van der Waals surface area contributed by atoms with Gasteiger partial charge in [-0.3, -0.25) is 4.79 Å². The second-order valence-corrected chi connectivity index (χ2v) is 11.0. The van der Waals surface area contributed by atoms with E-state index in [1.54, 1.807) is 29.4 Å². The zero-order valence-electron chi connectivity index (χ0n) is 14.1. The van der Waals surface area contributed by atoms with E-state index in [9.17, 15) is 13.2 Å². The monoisotopic (exact) mass is 476 g/mol. The number of thiophene rings is 1. The molecule has 5 nitrogen and oxygen atoms in total. The Morgan fingerprint density at radius 2 is 1.96 bits per heavy atom. The largest absolute Gasteiger partial charge is 0.337 e. The van der Waals surface area contributed by atoms with Crippen LogP contribution in [-0.4, -0.2) is 43.7 Å². The predicted octanol–water partition coefficient (Wildman–Crippen LogP) is 4.22. The summed E-state index contributed by atoms with van der Waals surface area (Å²) in [6.07, 6.45) is 1.68. The molecule has 140 valence electrons. The van der Waals surface area contributed by atoms with E-state index in [-0.39, 0.29) is 15.8 Å². The first-order valence-electron chi connectivity index (χ1n) is 8.08. The van der Waals surface area contributed by atoms with Crippen molar-refractivity contribution in [3.8, 4) is 0 Å². The summed E-state index contributed by atoms with van der Waals surface area (Å²) in [5, 5.41) is 0.137. The molecule has 2 aromatic rings. The van der Waals surface area contributed by atoms with Crippen LogP contribution in [0.1, 0.15) is 28.1 Å². The Balaban J connectivity index is 1.85. The summed E-state index contributed by atoms with van der Waals surface area (Å²) in [5.41, 5.74) is 0.310. The highest BCUT2D eigenvalue weighted by Crippen LogP contribution is 2.29. The van der Waals surface area contributed by atoms with Crippen molar-refractivity contribution in [2.45, 2.75) is 24.3 Å². The van der Waals surface area contributed by atoms with Gasteiger partial charge in [-0.2, -0.15) is 4.31 Å². The molecule has 3 rings (SSSR count). The minimum atomic E-state index is -3.68. The quantitative estimate of drug-likeness (QED) is 0.648. The second kappa shape index (κ2) is 7.98. The summed E-state index contributed by atoms with van der Waals surface area (Å²) in [5.74, 6) is -0.246. The van der Waals surface area contributed by atoms with Gasteiger partial charge in [0.05, 0.1) is 15.4 Å². The third kappa shape index (κ3) is 4.14. The molecule has 0 aliphatic carbocycles. The summed E-state index contributed by atoms with van der Waals surface area (Å²) in [6, 6.07) is 8.31. The number of amides is 1. The van der Waals surface area contributed by atoms with Crippen LogP contribution in [0.4, 0.5) is 0 Å². The molecular formula is C17H18BrClN2O3S2. The average Bonchev–Trinajstić information content (AvgIpc) is 3.26. The van der Waals surface area contributed by atoms with Crippen molar-refractivity contribution in [1.82, 2.24) is 9.21 Å². The first kappa shape index (κ1) is 19.8. The molecule has 1 aromatic carbocycles. The third-order valence-corrected chi connectivity index (χ3v) is 8.22. The average molecular weight is 478 g/mol. The number of sulfonamides is 1. The second-order valence-electron chi connectivity index (χ2n) is 6.12. The van der Waals surface area contributed by atoms with E-state index in [4.69, 9.17) is 11.6 Å². The normalized spacial score (nSPS) is 15.3. The number of nitrogens with zero attached hydrogens (tertiary/aromatic N) is 2. The molecule has 26 heavy (non-hydrogen) atoms. The van der Waals surface area contributed by atoms with E-state index in [0.717, 1.165) is 21.5 Å². The Labute approximate surface area is 170 Å². The third-order valence-electron chi connectivity index (χ3n) is 4.23. The number of benzene rings is 1. The molecule has 2 heterocycles. The SMILES string of the molecule is CN(Cc1ccc(Br)s1)C(=O)c1ccc(Cl)c(S(=O)(=O)N2CCCC2)c1. The number of hydrogen-bond acceptors (Lipinski definition) is 4. The van der Waals surface area contributed by atoms with Gasteiger partial charge < -0.3 is 4.90 Å². The minimum Gasteiger partial charge on any atom is -0.337 e. The summed E-state index contributed by atoms with van der Waals surface area (Å²) in [6.45, 7) is 1.43. The molecule has 1 aliphatic rings. The van der Waals surface area contributed by atoms with Gasteiger partial charge in [0.2, 0.25) is 10.0 Å². The van der Waals surface area contributed by atoms with Crippen LogP contribution in [0.5, 0.6) is 0 Å². The van der Waals surface area contributed by atoms with Crippen LogP contribution in [0.2, 0.25) is 5.02 Å². The first-order valence-corrected chi connectivity index (χ1v) is 11.5. The van der Waals surface area contributed by atoms with E-state index in [1.165, 1.54) is 16.4 Å². The highest BCUT2D eigenvalue weighted by atomic mass is 79.9. The fourth-order valence-corrected chi connectivity index (χ4v) is 6.42. The fourth-order valence-electron chi connectivity index (χ4n) is 2.86. The van der Waals surface area contributed by atoms with Crippen molar-refractivity contribution in [3.63, 3.8) is 0 Å². The number of carbonyl (C=O) groups excluding carboxylic acids is 1. The van der Waals surface area contributed by atoms with Gasteiger partial charge in [0.1, 0.15) is 4.90 Å². The van der Waals surface area contributed by atoms with Gasteiger partial charge in [0, 0.05) is 30.6 Å². The molecule has 0 spiro atoms. The van der Waals surface area contributed by atoms with Crippen LogP contribution in [0, 0.1) is 0 Å². The van der Waals surface area contributed by atoms with Crippen molar-refractivity contribution in [1.29, 1.82) is 0 Å². The molecule has 9 heteroatoms. The van der Waals surface area contributed by atoms with Gasteiger partial charge in [0.25, 0.3) is 5.91 Å². The molecule has 0 N–H and O–H groups in total. The zero-order valence-corrected chi connectivity index (χ0v) is 18.1. The summed E-state index contributed by atoms with van der Waals surface area (Å²) >= 11 is 11.1. The van der Waals surface area contributed by atoms with E-state index in [1.807, 2.05) is 12.1 Å². The zero-order chi connectivity index (χ0) is 18.9. The molecule has 0 radical (unpaired) electrons. The lowest BCUT2D eigenvalue weighted by Crippen LogP contribution is -2.29. The van der Waals surface area contributed by atoms with Gasteiger partial charge in [0.15, 0.2) is 0 Å². The first-order chi connectivity index (χ1) is 12.3.